The van der Waals surface area contributed by atoms with Gasteiger partial charge < -0.3 is 10.6 Å². The summed E-state index contributed by atoms with van der Waals surface area (Å²) in [6.07, 6.45) is 1.86. The van der Waals surface area contributed by atoms with Crippen molar-refractivity contribution in [3.8, 4) is 0 Å². The van der Waals surface area contributed by atoms with Crippen LogP contribution in [0.15, 0.2) is 34.9 Å². The molecule has 3 nitrogen and oxygen atoms in total. The van der Waals surface area contributed by atoms with E-state index in [1.165, 1.54) is 16.7 Å². The fourth-order valence-corrected chi connectivity index (χ4v) is 2.52. The molecule has 0 aliphatic carbocycles. The summed E-state index contributed by atoms with van der Waals surface area (Å²) in [7, 11) is 0. The predicted octanol–water partition coefficient (Wildman–Crippen LogP) is 3.25. The van der Waals surface area contributed by atoms with Gasteiger partial charge in [0.2, 0.25) is 0 Å². The summed E-state index contributed by atoms with van der Waals surface area (Å²) in [4.78, 5) is 6.72. The zero-order chi connectivity index (χ0) is 12.7. The lowest BCUT2D eigenvalue weighted by Crippen LogP contribution is -2.16. The van der Waals surface area contributed by atoms with Gasteiger partial charge in [0.25, 0.3) is 0 Å². The lowest BCUT2D eigenvalue weighted by atomic mass is 10.1. The number of anilines is 2. The molecule has 0 saturated carbocycles. The van der Waals surface area contributed by atoms with Crippen LogP contribution in [-0.2, 0) is 13.1 Å². The monoisotopic (exact) mass is 303 g/mol. The van der Waals surface area contributed by atoms with Crippen molar-refractivity contribution in [1.29, 1.82) is 0 Å². The molecule has 0 atom stereocenters. The van der Waals surface area contributed by atoms with Crippen molar-refractivity contribution in [1.82, 2.24) is 4.98 Å². The molecule has 0 saturated heterocycles. The molecule has 0 spiro atoms. The Morgan fingerprint density at radius 1 is 1.33 bits per heavy atom. The van der Waals surface area contributed by atoms with Crippen molar-refractivity contribution in [3.05, 3.63) is 51.6 Å². The summed E-state index contributed by atoms with van der Waals surface area (Å²) in [5.41, 5.74) is 10.6. The first-order valence-corrected chi connectivity index (χ1v) is 6.68. The van der Waals surface area contributed by atoms with Gasteiger partial charge in [0.1, 0.15) is 5.82 Å². The minimum atomic E-state index is 0.843. The summed E-state index contributed by atoms with van der Waals surface area (Å²) < 4.78 is 1.04. The van der Waals surface area contributed by atoms with Crippen LogP contribution in [0.4, 0.5) is 11.5 Å². The van der Waals surface area contributed by atoms with Crippen molar-refractivity contribution in [2.45, 2.75) is 20.0 Å². The van der Waals surface area contributed by atoms with Gasteiger partial charge in [-0.25, -0.2) is 4.98 Å². The Labute approximate surface area is 115 Å². The number of nitrogen functional groups attached to an aromatic ring is 1. The summed E-state index contributed by atoms with van der Waals surface area (Å²) in [6, 6.07) is 8.21. The van der Waals surface area contributed by atoms with E-state index in [9.17, 15) is 0 Å². The number of nitrogens with zero attached hydrogens (tertiary/aromatic N) is 2. The van der Waals surface area contributed by atoms with Crippen LogP contribution in [0.25, 0.3) is 0 Å². The zero-order valence-electron chi connectivity index (χ0n) is 10.2. The summed E-state index contributed by atoms with van der Waals surface area (Å²) >= 11 is 3.48. The van der Waals surface area contributed by atoms with Crippen LogP contribution in [0.5, 0.6) is 0 Å². The second-order valence-corrected chi connectivity index (χ2v) is 5.49. The molecule has 2 heterocycles. The molecule has 0 radical (unpaired) electrons. The molecule has 1 aliphatic rings. The fourth-order valence-electron chi connectivity index (χ4n) is 2.31. The topological polar surface area (TPSA) is 42.1 Å². The van der Waals surface area contributed by atoms with Gasteiger partial charge >= 0.3 is 0 Å². The quantitative estimate of drug-likeness (QED) is 0.822. The number of aryl methyl sites for hydroxylation is 1. The van der Waals surface area contributed by atoms with Crippen LogP contribution >= 0.6 is 15.9 Å². The van der Waals surface area contributed by atoms with E-state index >= 15 is 0 Å². The average Bonchev–Trinajstić information content (AvgIpc) is 2.78. The average molecular weight is 304 g/mol. The van der Waals surface area contributed by atoms with Crippen LogP contribution < -0.4 is 10.6 Å². The molecule has 1 aromatic heterocycles. The molecule has 0 bridgehead atoms. The number of aromatic nitrogens is 1. The maximum Gasteiger partial charge on any atom is 0.129 e. The third kappa shape index (κ3) is 1.86. The lowest BCUT2D eigenvalue weighted by molar-refractivity contribution is 0.855. The number of hydrogen-bond donors (Lipinski definition) is 1. The SMILES string of the molecule is Cc1cc(N2Cc3cccc(N)c3C2)ncc1Br. The predicted molar refractivity (Wildman–Crippen MR) is 77.4 cm³/mol. The van der Waals surface area contributed by atoms with Gasteiger partial charge in [-0.05, 0) is 51.7 Å². The van der Waals surface area contributed by atoms with E-state index in [1.54, 1.807) is 0 Å². The normalized spacial score (nSPS) is 13.8. The van der Waals surface area contributed by atoms with Gasteiger partial charge in [-0.3, -0.25) is 0 Å². The van der Waals surface area contributed by atoms with Gasteiger partial charge in [-0.15, -0.1) is 0 Å². The molecular formula is C14H14BrN3. The second-order valence-electron chi connectivity index (χ2n) is 4.63. The van der Waals surface area contributed by atoms with E-state index in [4.69, 9.17) is 5.73 Å². The van der Waals surface area contributed by atoms with Crippen LogP contribution in [0.1, 0.15) is 16.7 Å². The van der Waals surface area contributed by atoms with Crippen LogP contribution in [0.2, 0.25) is 0 Å². The van der Waals surface area contributed by atoms with Crippen molar-refractivity contribution >= 4 is 27.4 Å². The van der Waals surface area contributed by atoms with Crippen molar-refractivity contribution in [2.75, 3.05) is 10.6 Å². The third-order valence-corrected chi connectivity index (χ3v) is 4.21. The first kappa shape index (κ1) is 11.5. The number of hydrogen-bond acceptors (Lipinski definition) is 3. The van der Waals surface area contributed by atoms with E-state index in [2.05, 4.69) is 44.9 Å². The van der Waals surface area contributed by atoms with Crippen LogP contribution in [-0.4, -0.2) is 4.98 Å². The van der Waals surface area contributed by atoms with E-state index in [-0.39, 0.29) is 0 Å². The Bertz CT molecular complexity index is 610. The van der Waals surface area contributed by atoms with Gasteiger partial charge in [-0.1, -0.05) is 12.1 Å². The Morgan fingerprint density at radius 2 is 2.17 bits per heavy atom. The van der Waals surface area contributed by atoms with Crippen LogP contribution in [0, 0.1) is 6.92 Å². The standard InChI is InChI=1S/C14H14BrN3/c1-9-5-14(17-6-12(9)15)18-7-10-3-2-4-13(16)11(10)8-18/h2-6H,7-8,16H2,1H3. The van der Waals surface area contributed by atoms with Gasteiger partial charge in [0, 0.05) is 29.4 Å². The van der Waals surface area contributed by atoms with Crippen molar-refractivity contribution in [2.24, 2.45) is 0 Å². The largest absolute Gasteiger partial charge is 0.398 e. The van der Waals surface area contributed by atoms with Gasteiger partial charge in [-0.2, -0.15) is 0 Å². The molecule has 92 valence electrons. The first-order chi connectivity index (χ1) is 8.65. The first-order valence-electron chi connectivity index (χ1n) is 5.88. The van der Waals surface area contributed by atoms with E-state index in [1.807, 2.05) is 18.3 Å². The third-order valence-electron chi connectivity index (χ3n) is 3.38. The van der Waals surface area contributed by atoms with E-state index in [0.717, 1.165) is 29.1 Å². The Hall–Kier alpha value is -1.55. The Balaban J connectivity index is 1.94. The summed E-state index contributed by atoms with van der Waals surface area (Å²) in [5, 5.41) is 0. The minimum absolute atomic E-state index is 0.843. The van der Waals surface area contributed by atoms with Crippen molar-refractivity contribution < 1.29 is 0 Å². The molecule has 4 heteroatoms. The highest BCUT2D eigenvalue weighted by molar-refractivity contribution is 9.10. The molecule has 0 fully saturated rings. The molecule has 1 aliphatic heterocycles. The molecule has 0 unspecified atom stereocenters. The number of benzene rings is 1. The lowest BCUT2D eigenvalue weighted by Gasteiger charge is -2.17. The maximum absolute atomic E-state index is 6.01. The number of fused-ring (bicyclic) bond motifs is 1. The number of nitrogens with two attached hydrogens (primary N) is 1. The molecule has 1 aromatic carbocycles. The molecular weight excluding hydrogens is 290 g/mol. The smallest absolute Gasteiger partial charge is 0.129 e. The molecule has 2 N–H and O–H groups in total. The summed E-state index contributed by atoms with van der Waals surface area (Å²) in [6.45, 7) is 3.80. The Kier molecular flexibility index (Phi) is 2.74. The number of rotatable bonds is 1. The van der Waals surface area contributed by atoms with Gasteiger partial charge in [0.15, 0.2) is 0 Å². The van der Waals surface area contributed by atoms with E-state index < -0.39 is 0 Å². The van der Waals surface area contributed by atoms with E-state index in [0.29, 0.717) is 0 Å². The fraction of sp³-hybridized carbons (Fsp3) is 0.214. The number of halogens is 1. The highest BCUT2D eigenvalue weighted by atomic mass is 79.9. The molecule has 3 rings (SSSR count). The second kappa shape index (κ2) is 4.28. The van der Waals surface area contributed by atoms with Crippen molar-refractivity contribution in [3.63, 3.8) is 0 Å². The summed E-state index contributed by atoms with van der Waals surface area (Å²) in [5.74, 6) is 1.01. The molecule has 2 aromatic rings. The van der Waals surface area contributed by atoms with Crippen LogP contribution in [0.3, 0.4) is 0 Å². The zero-order valence-corrected chi connectivity index (χ0v) is 11.7. The molecule has 18 heavy (non-hydrogen) atoms. The van der Waals surface area contributed by atoms with Gasteiger partial charge in [0.05, 0.1) is 0 Å². The molecule has 0 amide bonds. The highest BCUT2D eigenvalue weighted by Crippen LogP contribution is 2.31. The number of pyridine rings is 1. The maximum atomic E-state index is 6.01. The highest BCUT2D eigenvalue weighted by Gasteiger charge is 2.21. The minimum Gasteiger partial charge on any atom is -0.398 e. The Morgan fingerprint density at radius 3 is 2.89 bits per heavy atom.